The molecule has 0 radical (unpaired) electrons. The van der Waals surface area contributed by atoms with Gasteiger partial charge in [0.1, 0.15) is 6.61 Å². The summed E-state index contributed by atoms with van der Waals surface area (Å²) in [6, 6.07) is 16.5. The van der Waals surface area contributed by atoms with Crippen molar-refractivity contribution >= 4 is 6.09 Å². The fraction of sp³-hybridized carbons (Fsp3) is 0.705. The van der Waals surface area contributed by atoms with E-state index in [0.29, 0.717) is 165 Å². The summed E-state index contributed by atoms with van der Waals surface area (Å²) in [7, 11) is 0. The van der Waals surface area contributed by atoms with Gasteiger partial charge >= 0.3 is 6.09 Å². The molecule has 1 aliphatic heterocycles. The van der Waals surface area contributed by atoms with Gasteiger partial charge in [-0.3, -0.25) is 0 Å². The van der Waals surface area contributed by atoms with Crippen molar-refractivity contribution in [3.63, 3.8) is 0 Å². The van der Waals surface area contributed by atoms with Crippen molar-refractivity contribution in [1.82, 2.24) is 10.6 Å². The quantitative estimate of drug-likeness (QED) is 0.0941. The summed E-state index contributed by atoms with van der Waals surface area (Å²) in [5, 5.41) is 6.08. The van der Waals surface area contributed by atoms with Gasteiger partial charge in [-0.15, -0.1) is 0 Å². The van der Waals surface area contributed by atoms with E-state index in [4.69, 9.17) is 61.6 Å². The molecule has 2 aliphatic rings. The van der Waals surface area contributed by atoms with Gasteiger partial charge in [-0.2, -0.15) is 0 Å². The van der Waals surface area contributed by atoms with E-state index in [1.807, 2.05) is 24.3 Å². The van der Waals surface area contributed by atoms with Crippen molar-refractivity contribution in [3.05, 3.63) is 59.7 Å². The van der Waals surface area contributed by atoms with E-state index in [9.17, 15) is 4.79 Å². The Morgan fingerprint density at radius 1 is 0.467 bits per heavy atom. The fourth-order valence-electron chi connectivity index (χ4n) is 6.41. The Kier molecular flexibility index (Phi) is 28.9. The summed E-state index contributed by atoms with van der Waals surface area (Å²) in [5.41, 5.74) is 4.77. The molecule has 2 aromatic rings. The molecular weight excluding hydrogens is 780 g/mol. The molecule has 1 heterocycles. The maximum Gasteiger partial charge on any atom is 0.407 e. The highest BCUT2D eigenvalue weighted by molar-refractivity contribution is 5.79. The van der Waals surface area contributed by atoms with Gasteiger partial charge in [0, 0.05) is 12.5 Å². The third kappa shape index (κ3) is 22.9. The average molecular weight is 851 g/mol. The van der Waals surface area contributed by atoms with Crippen molar-refractivity contribution in [3.8, 4) is 11.1 Å². The summed E-state index contributed by atoms with van der Waals surface area (Å²) < 4.78 is 72.0. The van der Waals surface area contributed by atoms with Crippen LogP contribution in [0.2, 0.25) is 0 Å². The second kappa shape index (κ2) is 34.7. The summed E-state index contributed by atoms with van der Waals surface area (Å²) in [6.07, 6.45) is 2.06. The first-order chi connectivity index (χ1) is 29.8. The molecule has 2 aromatic carbocycles. The van der Waals surface area contributed by atoms with Crippen molar-refractivity contribution in [2.24, 2.45) is 0 Å². The molecule has 0 aromatic heterocycles. The highest BCUT2D eigenvalue weighted by Gasteiger charge is 2.29. The van der Waals surface area contributed by atoms with Crippen LogP contribution in [-0.4, -0.2) is 190 Å². The molecule has 0 spiro atoms. The minimum absolute atomic E-state index is 0.0356. The molecule has 4 rings (SSSR count). The van der Waals surface area contributed by atoms with E-state index < -0.39 is 6.09 Å². The molecule has 0 bridgehead atoms. The van der Waals surface area contributed by atoms with Crippen LogP contribution in [0.4, 0.5) is 4.79 Å². The molecule has 0 atom stereocenters. The molecule has 2 N–H and O–H groups in total. The number of alkyl carbamates (subject to hydrolysis) is 1. The summed E-state index contributed by atoms with van der Waals surface area (Å²) >= 11 is 0. The van der Waals surface area contributed by atoms with Crippen molar-refractivity contribution in [2.75, 3.05) is 178 Å². The van der Waals surface area contributed by atoms with Gasteiger partial charge in [0.25, 0.3) is 0 Å². The molecule has 0 saturated carbocycles. The number of carbonyl (C=O) groups is 1. The van der Waals surface area contributed by atoms with E-state index in [0.717, 1.165) is 25.9 Å². The predicted molar refractivity (Wildman–Crippen MR) is 224 cm³/mol. The number of carbonyl (C=O) groups excluding carboxylic acids is 1. The number of fused-ring (bicyclic) bond motifs is 3. The zero-order valence-corrected chi connectivity index (χ0v) is 35.5. The Bertz CT molecular complexity index is 1290. The molecule has 0 unspecified atom stereocenters. The normalized spacial score (nSPS) is 14.1. The van der Waals surface area contributed by atoms with Crippen molar-refractivity contribution in [2.45, 2.75) is 24.9 Å². The topological polar surface area (TPSA) is 161 Å². The van der Waals surface area contributed by atoms with Crippen LogP contribution in [0.15, 0.2) is 48.5 Å². The zero-order valence-electron chi connectivity index (χ0n) is 35.5. The van der Waals surface area contributed by atoms with Crippen molar-refractivity contribution in [1.29, 1.82) is 0 Å². The van der Waals surface area contributed by atoms with E-state index in [1.54, 1.807) is 0 Å². The van der Waals surface area contributed by atoms with Gasteiger partial charge in [0.15, 0.2) is 0 Å². The standard InChI is InChI=1S/C44H70N2O14/c47-44(60-37-43-41-7-3-1-5-39(41)40-6-2-4-8-42(40)43)46-13-14-48-15-16-49-17-18-50-19-20-51-21-22-52-23-24-53-25-26-54-27-28-55-29-30-56-31-32-57-33-34-58-35-36-59-38-9-11-45-12-10-38/h1-8,38,43,45H,9-37H2,(H,46,47). The third-order valence-electron chi connectivity index (χ3n) is 9.45. The molecule has 60 heavy (non-hydrogen) atoms. The van der Waals surface area contributed by atoms with Gasteiger partial charge in [-0.25, -0.2) is 4.79 Å². The maximum absolute atomic E-state index is 12.3. The monoisotopic (exact) mass is 850 g/mol. The molecule has 1 saturated heterocycles. The zero-order chi connectivity index (χ0) is 41.8. The molecule has 1 aliphatic carbocycles. The second-order valence-corrected chi connectivity index (χ2v) is 13.8. The molecule has 16 nitrogen and oxygen atoms in total. The molecular formula is C44H70N2O14. The SMILES string of the molecule is O=C(NCCOCCOCCOCCOCCOCCOCCOCCOCCOCCOCCOCCOC1CCNCC1)OCC1c2ccccc2-c2ccccc21. The predicted octanol–water partition coefficient (Wildman–Crippen LogP) is 3.48. The third-order valence-corrected chi connectivity index (χ3v) is 9.45. The van der Waals surface area contributed by atoms with E-state index >= 15 is 0 Å². The number of piperidine rings is 1. The Morgan fingerprint density at radius 3 is 1.18 bits per heavy atom. The Labute approximate surface area is 356 Å². The van der Waals surface area contributed by atoms with Gasteiger partial charge in [-0.05, 0) is 48.2 Å². The Balaban J connectivity index is 0.761. The van der Waals surface area contributed by atoms with Gasteiger partial charge in [0.2, 0.25) is 0 Å². The van der Waals surface area contributed by atoms with E-state index in [1.165, 1.54) is 22.3 Å². The lowest BCUT2D eigenvalue weighted by Gasteiger charge is -2.22. The summed E-state index contributed by atoms with van der Waals surface area (Å²) in [5.74, 6) is 0.0356. The number of nitrogens with one attached hydrogen (secondary N) is 2. The number of rotatable bonds is 39. The van der Waals surface area contributed by atoms with Crippen LogP contribution in [0, 0.1) is 0 Å². The fourth-order valence-corrected chi connectivity index (χ4v) is 6.41. The van der Waals surface area contributed by atoms with E-state index in [2.05, 4.69) is 34.9 Å². The lowest BCUT2D eigenvalue weighted by Crippen LogP contribution is -2.33. The highest BCUT2D eigenvalue weighted by atomic mass is 16.6. The van der Waals surface area contributed by atoms with E-state index in [-0.39, 0.29) is 12.5 Å². The van der Waals surface area contributed by atoms with Crippen LogP contribution in [0.5, 0.6) is 0 Å². The first kappa shape index (κ1) is 49.8. The van der Waals surface area contributed by atoms with Crippen LogP contribution in [0.1, 0.15) is 29.9 Å². The van der Waals surface area contributed by atoms with Gasteiger partial charge < -0.3 is 72.2 Å². The largest absolute Gasteiger partial charge is 0.449 e. The molecule has 16 heteroatoms. The Morgan fingerprint density at radius 2 is 0.800 bits per heavy atom. The van der Waals surface area contributed by atoms with Crippen molar-refractivity contribution < 1.29 is 66.4 Å². The number of ether oxygens (including phenoxy) is 13. The van der Waals surface area contributed by atoms with Crippen LogP contribution in [0.25, 0.3) is 11.1 Å². The highest BCUT2D eigenvalue weighted by Crippen LogP contribution is 2.44. The first-order valence-electron chi connectivity index (χ1n) is 21.6. The second-order valence-electron chi connectivity index (χ2n) is 13.8. The van der Waals surface area contributed by atoms with Crippen LogP contribution in [-0.2, 0) is 61.6 Å². The molecule has 1 amide bonds. The minimum Gasteiger partial charge on any atom is -0.449 e. The van der Waals surface area contributed by atoms with Crippen LogP contribution >= 0.6 is 0 Å². The summed E-state index contributed by atoms with van der Waals surface area (Å²) in [6.45, 7) is 14.2. The van der Waals surface area contributed by atoms with Crippen LogP contribution < -0.4 is 10.6 Å². The molecule has 1 fully saturated rings. The minimum atomic E-state index is -0.452. The first-order valence-corrected chi connectivity index (χ1v) is 21.6. The maximum atomic E-state index is 12.3. The average Bonchev–Trinajstić information content (AvgIpc) is 3.60. The number of benzene rings is 2. The molecule has 340 valence electrons. The number of hydrogen-bond acceptors (Lipinski definition) is 15. The number of hydrogen-bond donors (Lipinski definition) is 2. The smallest absolute Gasteiger partial charge is 0.407 e. The lowest BCUT2D eigenvalue weighted by atomic mass is 9.98. The summed E-state index contributed by atoms with van der Waals surface area (Å²) in [4.78, 5) is 12.3. The van der Waals surface area contributed by atoms with Gasteiger partial charge in [0.05, 0.1) is 158 Å². The number of amides is 1. The van der Waals surface area contributed by atoms with Crippen LogP contribution in [0.3, 0.4) is 0 Å². The lowest BCUT2D eigenvalue weighted by molar-refractivity contribution is -0.0326. The Hall–Kier alpha value is -2.81. The van der Waals surface area contributed by atoms with Gasteiger partial charge in [-0.1, -0.05) is 48.5 Å².